The highest BCUT2D eigenvalue weighted by atomic mass is 16.4. The van der Waals surface area contributed by atoms with Crippen LogP contribution in [-0.2, 0) is 0 Å². The summed E-state index contributed by atoms with van der Waals surface area (Å²) in [6.07, 6.45) is 0. The van der Waals surface area contributed by atoms with Crippen LogP contribution in [0.3, 0.4) is 0 Å². The average Bonchev–Trinajstić information content (AvgIpc) is 2.45. The quantitative estimate of drug-likeness (QED) is 0.389. The minimum atomic E-state index is 0.0786. The number of pyridine rings is 1. The smallest absolute Gasteiger partial charge is 0.170 e. The molecule has 0 fully saturated rings. The molecule has 0 unspecified atom stereocenters. The van der Waals surface area contributed by atoms with Crippen LogP contribution in [0.25, 0.3) is 0 Å². The highest BCUT2D eigenvalue weighted by Gasteiger charge is 2.11. The number of aryl methyl sites for hydroxylation is 2. The molecule has 5 heteroatoms. The molecule has 1 aromatic carbocycles. The van der Waals surface area contributed by atoms with Crippen molar-refractivity contribution < 1.29 is 5.21 Å². The van der Waals surface area contributed by atoms with Gasteiger partial charge >= 0.3 is 0 Å². The van der Waals surface area contributed by atoms with Crippen LogP contribution in [0.5, 0.6) is 0 Å². The molecule has 0 bridgehead atoms. The lowest BCUT2D eigenvalue weighted by atomic mass is 10.1. The van der Waals surface area contributed by atoms with E-state index in [-0.39, 0.29) is 5.84 Å². The first-order valence-electron chi connectivity index (χ1n) is 6.29. The van der Waals surface area contributed by atoms with E-state index in [1.165, 1.54) is 0 Å². The summed E-state index contributed by atoms with van der Waals surface area (Å²) < 4.78 is 0. The summed E-state index contributed by atoms with van der Waals surface area (Å²) in [5.74, 6) is 0.829. The van der Waals surface area contributed by atoms with Crippen LogP contribution in [-0.4, -0.2) is 23.1 Å². The standard InChI is InChI=1S/C15H18N4O/c1-10-6-4-5-7-13(10)19(3)14-9-12(15(16)18-20)8-11(2)17-14/h4-9,20H,1-3H3,(H2,16,18). The van der Waals surface area contributed by atoms with Crippen LogP contribution >= 0.6 is 0 Å². The molecular weight excluding hydrogens is 252 g/mol. The lowest BCUT2D eigenvalue weighted by Gasteiger charge is -2.21. The molecule has 0 spiro atoms. The van der Waals surface area contributed by atoms with E-state index in [1.54, 1.807) is 12.1 Å². The number of amidine groups is 1. The second-order valence-electron chi connectivity index (χ2n) is 4.69. The van der Waals surface area contributed by atoms with Crippen LogP contribution in [0.15, 0.2) is 41.6 Å². The zero-order valence-corrected chi connectivity index (χ0v) is 11.8. The van der Waals surface area contributed by atoms with Crippen LogP contribution in [0.1, 0.15) is 16.8 Å². The Morgan fingerprint density at radius 1 is 1.25 bits per heavy atom. The number of hydrogen-bond acceptors (Lipinski definition) is 4. The number of nitrogens with two attached hydrogens (primary N) is 1. The number of rotatable bonds is 3. The summed E-state index contributed by atoms with van der Waals surface area (Å²) in [6.45, 7) is 3.93. The minimum Gasteiger partial charge on any atom is -0.409 e. The van der Waals surface area contributed by atoms with Gasteiger partial charge in [0.15, 0.2) is 5.84 Å². The molecular formula is C15H18N4O. The van der Waals surface area contributed by atoms with Gasteiger partial charge in [0.1, 0.15) is 5.82 Å². The van der Waals surface area contributed by atoms with Gasteiger partial charge in [-0.2, -0.15) is 0 Å². The highest BCUT2D eigenvalue weighted by Crippen LogP contribution is 2.25. The molecule has 0 aliphatic rings. The van der Waals surface area contributed by atoms with Crippen molar-refractivity contribution in [3.63, 3.8) is 0 Å². The molecule has 0 amide bonds. The Morgan fingerprint density at radius 2 is 1.95 bits per heavy atom. The highest BCUT2D eigenvalue weighted by molar-refractivity contribution is 5.97. The summed E-state index contributed by atoms with van der Waals surface area (Å²) in [4.78, 5) is 6.48. The third-order valence-corrected chi connectivity index (χ3v) is 3.16. The number of nitrogens with zero attached hydrogens (tertiary/aromatic N) is 3. The van der Waals surface area contributed by atoms with E-state index in [4.69, 9.17) is 10.9 Å². The molecule has 3 N–H and O–H groups in total. The van der Waals surface area contributed by atoms with Crippen LogP contribution in [0.2, 0.25) is 0 Å². The van der Waals surface area contributed by atoms with Gasteiger partial charge < -0.3 is 15.8 Å². The Labute approximate surface area is 118 Å². The van der Waals surface area contributed by atoms with Gasteiger partial charge in [-0.15, -0.1) is 0 Å². The van der Waals surface area contributed by atoms with Gasteiger partial charge in [-0.25, -0.2) is 4.98 Å². The molecule has 0 aliphatic heterocycles. The SMILES string of the molecule is Cc1cc(/C(N)=N/O)cc(N(C)c2ccccc2C)n1. The molecule has 0 saturated heterocycles. The summed E-state index contributed by atoms with van der Waals surface area (Å²) in [6, 6.07) is 11.6. The maximum absolute atomic E-state index is 8.80. The van der Waals surface area contributed by atoms with Crippen molar-refractivity contribution in [1.29, 1.82) is 0 Å². The van der Waals surface area contributed by atoms with E-state index >= 15 is 0 Å². The van der Waals surface area contributed by atoms with Crippen LogP contribution in [0, 0.1) is 13.8 Å². The number of hydrogen-bond donors (Lipinski definition) is 2. The Morgan fingerprint density at radius 3 is 2.60 bits per heavy atom. The summed E-state index contributed by atoms with van der Waals surface area (Å²) in [5, 5.41) is 11.8. The number of aromatic nitrogens is 1. The zero-order chi connectivity index (χ0) is 14.7. The lowest BCUT2D eigenvalue weighted by Crippen LogP contribution is -2.17. The number of benzene rings is 1. The van der Waals surface area contributed by atoms with E-state index in [0.717, 1.165) is 22.8 Å². The van der Waals surface area contributed by atoms with Gasteiger partial charge in [0.25, 0.3) is 0 Å². The number of anilines is 2. The van der Waals surface area contributed by atoms with Gasteiger partial charge in [-0.05, 0) is 37.6 Å². The van der Waals surface area contributed by atoms with Crippen molar-refractivity contribution in [2.24, 2.45) is 10.9 Å². The second kappa shape index (κ2) is 5.61. The van der Waals surface area contributed by atoms with Crippen LogP contribution < -0.4 is 10.6 Å². The fraction of sp³-hybridized carbons (Fsp3) is 0.200. The average molecular weight is 270 g/mol. The summed E-state index contributed by atoms with van der Waals surface area (Å²) in [5.41, 5.74) is 9.33. The predicted octanol–water partition coefficient (Wildman–Crippen LogP) is 2.56. The van der Waals surface area contributed by atoms with Gasteiger partial charge in [0.05, 0.1) is 0 Å². The molecule has 20 heavy (non-hydrogen) atoms. The molecule has 104 valence electrons. The summed E-state index contributed by atoms with van der Waals surface area (Å²) in [7, 11) is 1.94. The predicted molar refractivity (Wildman–Crippen MR) is 80.7 cm³/mol. The third-order valence-electron chi connectivity index (χ3n) is 3.16. The fourth-order valence-corrected chi connectivity index (χ4v) is 2.09. The maximum Gasteiger partial charge on any atom is 0.170 e. The monoisotopic (exact) mass is 270 g/mol. The van der Waals surface area contributed by atoms with Gasteiger partial charge in [-0.3, -0.25) is 0 Å². The van der Waals surface area contributed by atoms with Crippen molar-refractivity contribution in [2.75, 3.05) is 11.9 Å². The lowest BCUT2D eigenvalue weighted by molar-refractivity contribution is 0.318. The van der Waals surface area contributed by atoms with E-state index in [9.17, 15) is 0 Å². The first-order valence-corrected chi connectivity index (χ1v) is 6.29. The van der Waals surface area contributed by atoms with E-state index in [1.807, 2.05) is 50.1 Å². The Balaban J connectivity index is 2.48. The zero-order valence-electron chi connectivity index (χ0n) is 11.8. The summed E-state index contributed by atoms with van der Waals surface area (Å²) >= 11 is 0. The van der Waals surface area contributed by atoms with Gasteiger partial charge in [0.2, 0.25) is 0 Å². The normalized spacial score (nSPS) is 11.4. The third kappa shape index (κ3) is 2.71. The largest absolute Gasteiger partial charge is 0.409 e. The first kappa shape index (κ1) is 13.9. The molecule has 2 aromatic rings. The molecule has 0 saturated carbocycles. The van der Waals surface area contributed by atoms with Gasteiger partial charge in [-0.1, -0.05) is 23.4 Å². The topological polar surface area (TPSA) is 74.7 Å². The molecule has 0 radical (unpaired) electrons. The van der Waals surface area contributed by atoms with Crippen LogP contribution in [0.4, 0.5) is 11.5 Å². The minimum absolute atomic E-state index is 0.0786. The van der Waals surface area contributed by atoms with Crippen molar-refractivity contribution in [3.8, 4) is 0 Å². The number of para-hydroxylation sites is 1. The van der Waals surface area contributed by atoms with E-state index in [2.05, 4.69) is 10.1 Å². The Hall–Kier alpha value is -2.56. The maximum atomic E-state index is 8.80. The second-order valence-corrected chi connectivity index (χ2v) is 4.69. The van der Waals surface area contributed by atoms with E-state index in [0.29, 0.717) is 5.56 Å². The molecule has 1 heterocycles. The van der Waals surface area contributed by atoms with Crippen molar-refractivity contribution in [2.45, 2.75) is 13.8 Å². The molecule has 1 aromatic heterocycles. The van der Waals surface area contributed by atoms with Gasteiger partial charge in [0, 0.05) is 24.0 Å². The van der Waals surface area contributed by atoms with Crippen molar-refractivity contribution in [1.82, 2.24) is 4.98 Å². The number of oxime groups is 1. The first-order chi connectivity index (χ1) is 9.52. The van der Waals surface area contributed by atoms with Crippen molar-refractivity contribution in [3.05, 3.63) is 53.2 Å². The molecule has 0 atom stereocenters. The molecule has 5 nitrogen and oxygen atoms in total. The Bertz CT molecular complexity index is 652. The fourth-order valence-electron chi connectivity index (χ4n) is 2.09. The Kier molecular flexibility index (Phi) is 3.89. The molecule has 0 aliphatic carbocycles. The molecule has 2 rings (SSSR count). The van der Waals surface area contributed by atoms with E-state index < -0.39 is 0 Å². The van der Waals surface area contributed by atoms with Crippen molar-refractivity contribution >= 4 is 17.3 Å².